The summed E-state index contributed by atoms with van der Waals surface area (Å²) in [6.07, 6.45) is 41.7. The largest absolute Gasteiger partial charge is 0.394 e. The van der Waals surface area contributed by atoms with Crippen LogP contribution in [0.15, 0.2) is 24.3 Å². The van der Waals surface area contributed by atoms with E-state index in [-0.39, 0.29) is 12.3 Å². The number of aliphatic hydroxyl groups excluding tert-OH is 5. The fraction of sp³-hybridized carbons (Fsp3) is 0.898. The van der Waals surface area contributed by atoms with E-state index in [1.807, 2.05) is 6.08 Å². The summed E-state index contributed by atoms with van der Waals surface area (Å²) in [7, 11) is 0. The summed E-state index contributed by atoms with van der Waals surface area (Å²) >= 11 is 0. The van der Waals surface area contributed by atoms with Crippen molar-refractivity contribution in [3.05, 3.63) is 24.3 Å². The number of hydrogen-bond acceptors (Lipinski definition) is 7. The van der Waals surface area contributed by atoms with Gasteiger partial charge in [0.15, 0.2) is 0 Å². The summed E-state index contributed by atoms with van der Waals surface area (Å²) in [5.74, 6) is -0.0973. The van der Waals surface area contributed by atoms with Crippen LogP contribution in [0.2, 0.25) is 0 Å². The highest BCUT2D eigenvalue weighted by Gasteiger charge is 2.43. The normalized spacial score (nSPS) is 21.1. The van der Waals surface area contributed by atoms with Gasteiger partial charge in [0.2, 0.25) is 5.91 Å². The molecular formula is C49H93NO7. The Morgan fingerprint density at radius 2 is 0.930 bits per heavy atom. The highest BCUT2D eigenvalue weighted by molar-refractivity contribution is 5.76. The standard InChI is InChI=1S/C49H93NO7/c1-3-5-7-9-11-13-15-17-18-19-20-21-22-23-24-26-28-30-32-34-36-38-46(53)50-42(39-40-44-47(54)49(56)48(55)45(41-51)57-44)43(52)37-35-33-31-29-27-25-16-14-12-10-8-6-4-2/h17-18,35,37,42-45,47-49,51-52,54-56H,3-16,19-34,36,38-41H2,1-2H3,(H,50,53)/b18-17-,37-35+/t42-,43+,44-,45+,47-,48-,49+/m0/s1. The van der Waals surface area contributed by atoms with Crippen LogP contribution in [0.3, 0.4) is 0 Å². The number of rotatable bonds is 40. The zero-order valence-electron chi connectivity index (χ0n) is 37.2. The molecule has 8 nitrogen and oxygen atoms in total. The lowest BCUT2D eigenvalue weighted by Crippen LogP contribution is -2.58. The van der Waals surface area contributed by atoms with Crippen LogP contribution >= 0.6 is 0 Å². The smallest absolute Gasteiger partial charge is 0.220 e. The average Bonchev–Trinajstić information content (AvgIpc) is 3.21. The van der Waals surface area contributed by atoms with E-state index in [1.165, 1.54) is 167 Å². The molecule has 0 saturated carbocycles. The van der Waals surface area contributed by atoms with Gasteiger partial charge in [-0.05, 0) is 57.8 Å². The summed E-state index contributed by atoms with van der Waals surface area (Å²) in [5.41, 5.74) is 0. The molecule has 1 amide bonds. The quantitative estimate of drug-likeness (QED) is 0.0268. The van der Waals surface area contributed by atoms with Crippen LogP contribution in [0.4, 0.5) is 0 Å². The molecule has 0 aromatic carbocycles. The molecule has 1 heterocycles. The first-order chi connectivity index (χ1) is 27.8. The Labute approximate surface area is 351 Å². The van der Waals surface area contributed by atoms with E-state index in [0.29, 0.717) is 12.8 Å². The molecule has 6 N–H and O–H groups in total. The second-order valence-corrected chi connectivity index (χ2v) is 17.3. The van der Waals surface area contributed by atoms with Gasteiger partial charge in [-0.2, -0.15) is 0 Å². The molecule has 0 bridgehead atoms. The Hall–Kier alpha value is -1.29. The lowest BCUT2D eigenvalue weighted by atomic mass is 9.91. The molecule has 1 saturated heterocycles. The van der Waals surface area contributed by atoms with Crippen molar-refractivity contribution >= 4 is 5.91 Å². The van der Waals surface area contributed by atoms with Gasteiger partial charge in [0.25, 0.3) is 0 Å². The van der Waals surface area contributed by atoms with Gasteiger partial charge >= 0.3 is 0 Å². The number of carbonyl (C=O) groups is 1. The summed E-state index contributed by atoms with van der Waals surface area (Å²) in [4.78, 5) is 13.0. The summed E-state index contributed by atoms with van der Waals surface area (Å²) < 4.78 is 5.70. The van der Waals surface area contributed by atoms with Crippen LogP contribution in [-0.2, 0) is 9.53 Å². The maximum atomic E-state index is 13.0. The fourth-order valence-corrected chi connectivity index (χ4v) is 8.08. The Balaban J connectivity index is 2.29. The zero-order valence-corrected chi connectivity index (χ0v) is 37.2. The third-order valence-corrected chi connectivity index (χ3v) is 12.0. The molecule has 1 rings (SSSR count). The SMILES string of the molecule is CCCCCCCC/C=C\CCCCCCCCCCCCCC(=O)N[C@@H](CC[C@@H]1O[C@H](CO)[C@H](O)[C@H](O)[C@H]1O)[C@H](O)/C=C/CCCCCCCCCCCCC. The molecule has 1 aliphatic rings. The molecule has 57 heavy (non-hydrogen) atoms. The molecule has 8 heteroatoms. The Bertz CT molecular complexity index is 943. The topological polar surface area (TPSA) is 139 Å². The summed E-state index contributed by atoms with van der Waals surface area (Å²) in [5, 5.41) is 54.7. The van der Waals surface area contributed by atoms with Crippen molar-refractivity contribution in [1.82, 2.24) is 5.32 Å². The van der Waals surface area contributed by atoms with Gasteiger partial charge in [-0.15, -0.1) is 0 Å². The number of ether oxygens (including phenoxy) is 1. The van der Waals surface area contributed by atoms with E-state index >= 15 is 0 Å². The van der Waals surface area contributed by atoms with Crippen molar-refractivity contribution in [2.45, 2.75) is 275 Å². The van der Waals surface area contributed by atoms with Gasteiger partial charge in [-0.3, -0.25) is 4.79 Å². The van der Waals surface area contributed by atoms with E-state index in [1.54, 1.807) is 6.08 Å². The first-order valence-electron chi connectivity index (χ1n) is 24.4. The maximum absolute atomic E-state index is 13.0. The second-order valence-electron chi connectivity index (χ2n) is 17.3. The van der Waals surface area contributed by atoms with Crippen LogP contribution in [0.5, 0.6) is 0 Å². The first-order valence-corrected chi connectivity index (χ1v) is 24.4. The monoisotopic (exact) mass is 808 g/mol. The number of unbranched alkanes of at least 4 members (excludes halogenated alkanes) is 28. The Kier molecular flexibility index (Phi) is 36.7. The van der Waals surface area contributed by atoms with Gasteiger partial charge in [0.1, 0.15) is 24.4 Å². The summed E-state index contributed by atoms with van der Waals surface area (Å²) in [6.45, 7) is 4.04. The molecular weight excluding hydrogens is 715 g/mol. The maximum Gasteiger partial charge on any atom is 0.220 e. The van der Waals surface area contributed by atoms with Crippen molar-refractivity contribution < 1.29 is 35.1 Å². The minimum atomic E-state index is -1.44. The first kappa shape index (κ1) is 53.7. The van der Waals surface area contributed by atoms with E-state index in [4.69, 9.17) is 4.74 Å². The third-order valence-electron chi connectivity index (χ3n) is 12.0. The van der Waals surface area contributed by atoms with Gasteiger partial charge in [0.05, 0.1) is 24.9 Å². The van der Waals surface area contributed by atoms with Crippen LogP contribution < -0.4 is 5.32 Å². The van der Waals surface area contributed by atoms with Crippen molar-refractivity contribution in [3.8, 4) is 0 Å². The lowest BCUT2D eigenvalue weighted by Gasteiger charge is -2.40. The molecule has 0 spiro atoms. The van der Waals surface area contributed by atoms with Gasteiger partial charge < -0.3 is 35.6 Å². The molecule has 336 valence electrons. The number of amides is 1. The van der Waals surface area contributed by atoms with E-state index in [9.17, 15) is 30.3 Å². The number of hydrogen-bond donors (Lipinski definition) is 6. The fourth-order valence-electron chi connectivity index (χ4n) is 8.08. The van der Waals surface area contributed by atoms with Crippen molar-refractivity contribution in [2.75, 3.05) is 6.61 Å². The molecule has 0 aliphatic carbocycles. The number of nitrogens with one attached hydrogen (secondary N) is 1. The number of carbonyl (C=O) groups excluding carboxylic acids is 1. The van der Waals surface area contributed by atoms with E-state index < -0.39 is 49.3 Å². The lowest BCUT2D eigenvalue weighted by molar-refractivity contribution is -0.230. The van der Waals surface area contributed by atoms with Crippen molar-refractivity contribution in [2.24, 2.45) is 0 Å². The number of aliphatic hydroxyl groups is 5. The van der Waals surface area contributed by atoms with Crippen molar-refractivity contribution in [3.63, 3.8) is 0 Å². The summed E-state index contributed by atoms with van der Waals surface area (Å²) in [6, 6.07) is -0.579. The highest BCUT2D eigenvalue weighted by Crippen LogP contribution is 2.25. The Morgan fingerprint density at radius 1 is 0.544 bits per heavy atom. The van der Waals surface area contributed by atoms with Gasteiger partial charge in [-0.1, -0.05) is 192 Å². The molecule has 7 atom stereocenters. The third kappa shape index (κ3) is 29.6. The molecule has 1 aliphatic heterocycles. The Morgan fingerprint density at radius 3 is 1.37 bits per heavy atom. The molecule has 0 aromatic rings. The van der Waals surface area contributed by atoms with Crippen LogP contribution in [0, 0.1) is 0 Å². The highest BCUT2D eigenvalue weighted by atomic mass is 16.5. The molecule has 0 aromatic heterocycles. The predicted molar refractivity (Wildman–Crippen MR) is 238 cm³/mol. The minimum absolute atomic E-state index is 0.0973. The zero-order chi connectivity index (χ0) is 41.6. The van der Waals surface area contributed by atoms with E-state index in [2.05, 4.69) is 31.3 Å². The molecule has 1 fully saturated rings. The van der Waals surface area contributed by atoms with Crippen molar-refractivity contribution in [1.29, 1.82) is 0 Å². The van der Waals surface area contributed by atoms with Crippen LogP contribution in [0.1, 0.15) is 232 Å². The predicted octanol–water partition coefficient (Wildman–Crippen LogP) is 11.1. The average molecular weight is 808 g/mol. The van der Waals surface area contributed by atoms with Gasteiger partial charge in [0, 0.05) is 6.42 Å². The minimum Gasteiger partial charge on any atom is -0.394 e. The van der Waals surface area contributed by atoms with Crippen LogP contribution in [-0.4, -0.2) is 80.7 Å². The second kappa shape index (κ2) is 38.9. The number of allylic oxidation sites excluding steroid dienone is 3. The van der Waals surface area contributed by atoms with Gasteiger partial charge in [-0.25, -0.2) is 0 Å². The van der Waals surface area contributed by atoms with E-state index in [0.717, 1.165) is 32.1 Å². The molecule has 0 unspecified atom stereocenters. The molecule has 0 radical (unpaired) electrons. The van der Waals surface area contributed by atoms with Crippen LogP contribution in [0.25, 0.3) is 0 Å².